The third-order valence-corrected chi connectivity index (χ3v) is 5.57. The summed E-state index contributed by atoms with van der Waals surface area (Å²) < 4.78 is 16.5. The maximum atomic E-state index is 13.3. The average Bonchev–Trinajstić information content (AvgIpc) is 2.83. The lowest BCUT2D eigenvalue weighted by Gasteiger charge is -2.29. The Kier molecular flexibility index (Phi) is 8.58. The standard InChI is InChI=1S/C26H34N2O5/c1-18(2)16-27-26(30)19(3)28(17-21-6-5-7-22(14-21)31-4)25(29)11-9-20-8-10-23-24(15-20)33-13-12-32-23/h5-8,10,14-15,18-19H,9,11-13,16-17H2,1-4H3,(H,27,30)/t19-/m0/s1. The molecule has 33 heavy (non-hydrogen) atoms. The number of hydrogen-bond acceptors (Lipinski definition) is 5. The monoisotopic (exact) mass is 454 g/mol. The molecule has 0 saturated carbocycles. The van der Waals surface area contributed by atoms with Crippen molar-refractivity contribution < 1.29 is 23.8 Å². The molecular formula is C26H34N2O5. The number of carbonyl (C=O) groups excluding carboxylic acids is 2. The summed E-state index contributed by atoms with van der Waals surface area (Å²) in [5, 5.41) is 2.95. The molecule has 1 N–H and O–H groups in total. The number of rotatable bonds is 10. The quantitative estimate of drug-likeness (QED) is 0.594. The van der Waals surface area contributed by atoms with Crippen LogP contribution in [0.15, 0.2) is 42.5 Å². The minimum atomic E-state index is -0.595. The lowest BCUT2D eigenvalue weighted by molar-refractivity contribution is -0.140. The summed E-state index contributed by atoms with van der Waals surface area (Å²) in [5.41, 5.74) is 1.90. The van der Waals surface area contributed by atoms with Gasteiger partial charge in [-0.3, -0.25) is 9.59 Å². The van der Waals surface area contributed by atoms with E-state index < -0.39 is 6.04 Å². The van der Waals surface area contributed by atoms with E-state index >= 15 is 0 Å². The van der Waals surface area contributed by atoms with E-state index in [2.05, 4.69) is 5.32 Å². The SMILES string of the molecule is COc1cccc(CN(C(=O)CCc2ccc3c(c2)OCCO3)[C@@H](C)C(=O)NCC(C)C)c1. The minimum absolute atomic E-state index is 0.0834. The Hall–Kier alpha value is -3.22. The number of hydrogen-bond donors (Lipinski definition) is 1. The zero-order valence-corrected chi connectivity index (χ0v) is 19.9. The predicted molar refractivity (Wildman–Crippen MR) is 127 cm³/mol. The van der Waals surface area contributed by atoms with Crippen LogP contribution in [0, 0.1) is 5.92 Å². The molecule has 2 aromatic carbocycles. The molecule has 7 nitrogen and oxygen atoms in total. The molecule has 0 aliphatic carbocycles. The van der Waals surface area contributed by atoms with Crippen LogP contribution >= 0.6 is 0 Å². The molecule has 0 radical (unpaired) electrons. The van der Waals surface area contributed by atoms with E-state index in [-0.39, 0.29) is 18.2 Å². The highest BCUT2D eigenvalue weighted by Gasteiger charge is 2.26. The van der Waals surface area contributed by atoms with Gasteiger partial charge >= 0.3 is 0 Å². The van der Waals surface area contributed by atoms with E-state index in [0.29, 0.717) is 50.1 Å². The summed E-state index contributed by atoms with van der Waals surface area (Å²) in [6.45, 7) is 7.81. The first-order valence-electron chi connectivity index (χ1n) is 11.5. The van der Waals surface area contributed by atoms with Crippen LogP contribution in [0.1, 0.15) is 38.3 Å². The molecule has 1 heterocycles. The number of nitrogens with one attached hydrogen (secondary N) is 1. The highest BCUT2D eigenvalue weighted by atomic mass is 16.6. The number of carbonyl (C=O) groups is 2. The Morgan fingerprint density at radius 2 is 1.79 bits per heavy atom. The van der Waals surface area contributed by atoms with Gasteiger partial charge in [0.15, 0.2) is 11.5 Å². The Labute approximate surface area is 196 Å². The summed E-state index contributed by atoms with van der Waals surface area (Å²) >= 11 is 0. The Morgan fingerprint density at radius 3 is 2.52 bits per heavy atom. The minimum Gasteiger partial charge on any atom is -0.497 e. The van der Waals surface area contributed by atoms with Crippen molar-refractivity contribution in [1.29, 1.82) is 0 Å². The van der Waals surface area contributed by atoms with Crippen LogP contribution in [0.25, 0.3) is 0 Å². The molecule has 2 aromatic rings. The first-order chi connectivity index (χ1) is 15.9. The Balaban J connectivity index is 1.72. The second-order valence-electron chi connectivity index (χ2n) is 8.67. The Bertz CT molecular complexity index is 959. The van der Waals surface area contributed by atoms with Gasteiger partial charge in [0.2, 0.25) is 11.8 Å². The van der Waals surface area contributed by atoms with E-state index in [9.17, 15) is 9.59 Å². The molecule has 0 bridgehead atoms. The van der Waals surface area contributed by atoms with Gasteiger partial charge in [0, 0.05) is 19.5 Å². The van der Waals surface area contributed by atoms with Gasteiger partial charge in [0.1, 0.15) is 25.0 Å². The molecule has 0 unspecified atom stereocenters. The van der Waals surface area contributed by atoms with Gasteiger partial charge in [-0.25, -0.2) is 0 Å². The van der Waals surface area contributed by atoms with Crippen LogP contribution in [0.3, 0.4) is 0 Å². The molecule has 0 fully saturated rings. The fraction of sp³-hybridized carbons (Fsp3) is 0.462. The third-order valence-electron chi connectivity index (χ3n) is 5.57. The van der Waals surface area contributed by atoms with Crippen LogP contribution in [-0.4, -0.2) is 49.6 Å². The molecule has 1 atom stereocenters. The highest BCUT2D eigenvalue weighted by Crippen LogP contribution is 2.31. The second-order valence-corrected chi connectivity index (χ2v) is 8.67. The molecule has 1 aliphatic rings. The Morgan fingerprint density at radius 1 is 1.03 bits per heavy atom. The van der Waals surface area contributed by atoms with E-state index in [0.717, 1.165) is 16.9 Å². The lowest BCUT2D eigenvalue weighted by atomic mass is 10.1. The number of methoxy groups -OCH3 is 1. The number of benzene rings is 2. The van der Waals surface area contributed by atoms with Crippen molar-refractivity contribution in [2.75, 3.05) is 26.9 Å². The average molecular weight is 455 g/mol. The van der Waals surface area contributed by atoms with Crippen molar-refractivity contribution in [1.82, 2.24) is 10.2 Å². The number of amides is 2. The smallest absolute Gasteiger partial charge is 0.242 e. The van der Waals surface area contributed by atoms with Crippen molar-refractivity contribution in [3.63, 3.8) is 0 Å². The fourth-order valence-electron chi connectivity index (χ4n) is 3.64. The molecular weight excluding hydrogens is 420 g/mol. The molecule has 7 heteroatoms. The van der Waals surface area contributed by atoms with Crippen LogP contribution in [0.5, 0.6) is 17.2 Å². The van der Waals surface area contributed by atoms with Crippen molar-refractivity contribution in [2.45, 2.75) is 46.2 Å². The molecule has 0 aromatic heterocycles. The van der Waals surface area contributed by atoms with E-state index in [1.807, 2.05) is 56.3 Å². The van der Waals surface area contributed by atoms with Crippen molar-refractivity contribution in [3.05, 3.63) is 53.6 Å². The number of nitrogens with zero attached hydrogens (tertiary/aromatic N) is 1. The zero-order chi connectivity index (χ0) is 23.8. The van der Waals surface area contributed by atoms with Gasteiger partial charge in [-0.1, -0.05) is 32.0 Å². The van der Waals surface area contributed by atoms with Crippen molar-refractivity contribution in [3.8, 4) is 17.2 Å². The fourth-order valence-corrected chi connectivity index (χ4v) is 3.64. The van der Waals surface area contributed by atoms with Gasteiger partial charge < -0.3 is 24.4 Å². The molecule has 178 valence electrons. The van der Waals surface area contributed by atoms with Gasteiger partial charge in [0.25, 0.3) is 0 Å². The largest absolute Gasteiger partial charge is 0.497 e. The van der Waals surface area contributed by atoms with Gasteiger partial charge in [0.05, 0.1) is 7.11 Å². The normalized spacial score (nSPS) is 13.4. The number of ether oxygens (including phenoxy) is 3. The summed E-state index contributed by atoms with van der Waals surface area (Å²) in [5.74, 6) is 2.25. The zero-order valence-electron chi connectivity index (χ0n) is 19.9. The van der Waals surface area contributed by atoms with Gasteiger partial charge in [-0.05, 0) is 54.7 Å². The van der Waals surface area contributed by atoms with E-state index in [1.165, 1.54) is 0 Å². The van der Waals surface area contributed by atoms with Crippen LogP contribution in [-0.2, 0) is 22.6 Å². The van der Waals surface area contributed by atoms with Crippen molar-refractivity contribution in [2.24, 2.45) is 5.92 Å². The van der Waals surface area contributed by atoms with Gasteiger partial charge in [-0.2, -0.15) is 0 Å². The topological polar surface area (TPSA) is 77.1 Å². The second kappa shape index (κ2) is 11.6. The van der Waals surface area contributed by atoms with E-state index in [1.54, 1.807) is 18.9 Å². The number of fused-ring (bicyclic) bond motifs is 1. The van der Waals surface area contributed by atoms with Crippen LogP contribution in [0.4, 0.5) is 0 Å². The molecule has 2 amide bonds. The maximum Gasteiger partial charge on any atom is 0.242 e. The molecule has 3 rings (SSSR count). The molecule has 0 saturated heterocycles. The van der Waals surface area contributed by atoms with E-state index in [4.69, 9.17) is 14.2 Å². The third kappa shape index (κ3) is 6.88. The lowest BCUT2D eigenvalue weighted by Crippen LogP contribution is -2.48. The first-order valence-corrected chi connectivity index (χ1v) is 11.5. The number of aryl methyl sites for hydroxylation is 1. The van der Waals surface area contributed by atoms with Crippen molar-refractivity contribution >= 4 is 11.8 Å². The summed E-state index contributed by atoms with van der Waals surface area (Å²) in [7, 11) is 1.61. The predicted octanol–water partition coefficient (Wildman–Crippen LogP) is 3.59. The molecule has 1 aliphatic heterocycles. The summed E-state index contributed by atoms with van der Waals surface area (Å²) in [4.78, 5) is 27.7. The maximum absolute atomic E-state index is 13.3. The molecule has 0 spiro atoms. The van der Waals surface area contributed by atoms with Crippen LogP contribution in [0.2, 0.25) is 0 Å². The summed E-state index contributed by atoms with van der Waals surface area (Å²) in [6.07, 6.45) is 0.829. The first kappa shape index (κ1) is 24.4. The van der Waals surface area contributed by atoms with Crippen LogP contribution < -0.4 is 19.5 Å². The highest BCUT2D eigenvalue weighted by molar-refractivity contribution is 5.87. The van der Waals surface area contributed by atoms with Gasteiger partial charge in [-0.15, -0.1) is 0 Å². The summed E-state index contributed by atoms with van der Waals surface area (Å²) in [6, 6.07) is 12.7.